The summed E-state index contributed by atoms with van der Waals surface area (Å²) in [6, 6.07) is 17.8. The lowest BCUT2D eigenvalue weighted by atomic mass is 9.69. The molecule has 2 aromatic rings. The first kappa shape index (κ1) is 27.9. The molecule has 4 aliphatic rings. The number of imide groups is 1. The zero-order chi connectivity index (χ0) is 28.5. The van der Waals surface area contributed by atoms with Gasteiger partial charge in [0.25, 0.3) is 0 Å². The van der Waals surface area contributed by atoms with E-state index in [1.165, 1.54) is 22.3 Å². The van der Waals surface area contributed by atoms with Gasteiger partial charge in [0, 0.05) is 31.6 Å². The standard InChI is InChI=1S/C35H42N2O4/c1-3-26-20-29-33(30-22-41-31(32(26)30)14-9-23(2)19-24-10-12-28(38)13-11-24)35(40)37(34(29)39)27-15-17-36(18-16-27)21-25-7-5-4-6-8-25/h4-8,10-13,19,27,29-31,33,38H,3,9,14-18,20-22H2,1-2H3/b23-19+/t29-,30+,31-,33-/m1/s1. The molecule has 2 amide bonds. The highest BCUT2D eigenvalue weighted by molar-refractivity contribution is 6.06. The van der Waals surface area contributed by atoms with Gasteiger partial charge in [-0.05, 0) is 74.3 Å². The molecule has 0 aromatic heterocycles. The lowest BCUT2D eigenvalue weighted by molar-refractivity contribution is -0.144. The molecule has 41 heavy (non-hydrogen) atoms. The quantitative estimate of drug-likeness (QED) is 0.322. The SMILES string of the molecule is CCC1=C2[C@@H](CC/C(C)=C/c3ccc(O)cc3)OC[C@@H]2[C@@H]2C(=O)N(C3CCN(Cc4ccccc4)CC3)C(=O)[C@@H]2C1. The normalized spacial score (nSPS) is 27.5. The van der Waals surface area contributed by atoms with E-state index in [0.717, 1.165) is 57.3 Å². The number of nitrogens with zero attached hydrogens (tertiary/aromatic N) is 2. The number of benzene rings is 2. The lowest BCUT2D eigenvalue weighted by Crippen LogP contribution is -2.47. The zero-order valence-electron chi connectivity index (χ0n) is 24.3. The third-order valence-electron chi connectivity index (χ3n) is 9.75. The summed E-state index contributed by atoms with van der Waals surface area (Å²) in [6.07, 6.45) is 7.23. The molecule has 6 nitrogen and oxygen atoms in total. The molecule has 3 aliphatic heterocycles. The van der Waals surface area contributed by atoms with Crippen molar-refractivity contribution in [3.8, 4) is 5.75 Å². The van der Waals surface area contributed by atoms with E-state index in [9.17, 15) is 14.7 Å². The van der Waals surface area contributed by atoms with Gasteiger partial charge in [-0.2, -0.15) is 0 Å². The Hall–Kier alpha value is -3.22. The van der Waals surface area contributed by atoms with E-state index in [1.54, 1.807) is 17.0 Å². The number of likely N-dealkylation sites (tertiary alicyclic amines) is 2. The second-order valence-electron chi connectivity index (χ2n) is 12.3. The van der Waals surface area contributed by atoms with Gasteiger partial charge in [0.15, 0.2) is 0 Å². The van der Waals surface area contributed by atoms with E-state index in [1.807, 2.05) is 18.2 Å². The van der Waals surface area contributed by atoms with Crippen molar-refractivity contribution >= 4 is 17.9 Å². The van der Waals surface area contributed by atoms with Crippen LogP contribution in [0.1, 0.15) is 63.5 Å². The number of piperidine rings is 1. The Morgan fingerprint density at radius 3 is 2.44 bits per heavy atom. The Morgan fingerprint density at radius 2 is 1.73 bits per heavy atom. The van der Waals surface area contributed by atoms with Crippen molar-refractivity contribution in [1.82, 2.24) is 9.80 Å². The maximum atomic E-state index is 13.9. The van der Waals surface area contributed by atoms with Gasteiger partial charge in [-0.15, -0.1) is 0 Å². The topological polar surface area (TPSA) is 70.1 Å². The van der Waals surface area contributed by atoms with E-state index >= 15 is 0 Å². The second-order valence-corrected chi connectivity index (χ2v) is 12.3. The van der Waals surface area contributed by atoms with Crippen LogP contribution in [0.3, 0.4) is 0 Å². The van der Waals surface area contributed by atoms with Crippen LogP contribution >= 0.6 is 0 Å². The van der Waals surface area contributed by atoms with Gasteiger partial charge in [-0.25, -0.2) is 0 Å². The lowest BCUT2D eigenvalue weighted by Gasteiger charge is -2.36. The molecule has 1 N–H and O–H groups in total. The molecule has 0 bridgehead atoms. The fourth-order valence-corrected chi connectivity index (χ4v) is 7.66. The molecule has 0 radical (unpaired) electrons. The number of carbonyl (C=O) groups is 2. The fraction of sp³-hybridized carbons (Fsp3) is 0.486. The molecule has 6 rings (SSSR count). The molecule has 2 aromatic carbocycles. The number of carbonyl (C=O) groups excluding carboxylic acids is 2. The maximum Gasteiger partial charge on any atom is 0.234 e. The first-order valence-electron chi connectivity index (χ1n) is 15.4. The van der Waals surface area contributed by atoms with Gasteiger partial charge in [0.2, 0.25) is 11.8 Å². The molecule has 216 valence electrons. The van der Waals surface area contributed by atoms with Crippen molar-refractivity contribution < 1.29 is 19.4 Å². The van der Waals surface area contributed by atoms with Crippen LogP contribution in [0.25, 0.3) is 6.08 Å². The van der Waals surface area contributed by atoms with Crippen molar-refractivity contribution in [1.29, 1.82) is 0 Å². The molecule has 1 aliphatic carbocycles. The van der Waals surface area contributed by atoms with Crippen LogP contribution in [-0.4, -0.2) is 58.6 Å². The van der Waals surface area contributed by atoms with Crippen LogP contribution in [0.15, 0.2) is 71.3 Å². The van der Waals surface area contributed by atoms with Crippen molar-refractivity contribution in [3.05, 3.63) is 82.4 Å². The van der Waals surface area contributed by atoms with Gasteiger partial charge < -0.3 is 9.84 Å². The van der Waals surface area contributed by atoms with Crippen molar-refractivity contribution in [3.63, 3.8) is 0 Å². The predicted octanol–water partition coefficient (Wildman–Crippen LogP) is 5.97. The molecule has 0 saturated carbocycles. The highest BCUT2D eigenvalue weighted by Crippen LogP contribution is 2.51. The number of amides is 2. The summed E-state index contributed by atoms with van der Waals surface area (Å²) in [5.74, 6) is -0.100. The van der Waals surface area contributed by atoms with Crippen LogP contribution in [0.2, 0.25) is 0 Å². The van der Waals surface area contributed by atoms with Crippen LogP contribution in [0, 0.1) is 17.8 Å². The third kappa shape index (κ3) is 5.64. The van der Waals surface area contributed by atoms with Crippen LogP contribution in [-0.2, 0) is 20.9 Å². The molecule has 3 fully saturated rings. The van der Waals surface area contributed by atoms with E-state index < -0.39 is 0 Å². The molecule has 3 saturated heterocycles. The van der Waals surface area contributed by atoms with Gasteiger partial charge in [-0.1, -0.05) is 66.6 Å². The number of ether oxygens (including phenoxy) is 1. The molecular formula is C35H42N2O4. The summed E-state index contributed by atoms with van der Waals surface area (Å²) in [7, 11) is 0. The Balaban J connectivity index is 1.11. The number of hydrogen-bond acceptors (Lipinski definition) is 5. The first-order valence-corrected chi connectivity index (χ1v) is 15.4. The minimum Gasteiger partial charge on any atom is -0.508 e. The summed E-state index contributed by atoms with van der Waals surface area (Å²) in [6.45, 7) is 7.56. The summed E-state index contributed by atoms with van der Waals surface area (Å²) in [5, 5.41) is 9.55. The largest absolute Gasteiger partial charge is 0.508 e. The van der Waals surface area contributed by atoms with Crippen molar-refractivity contribution in [2.45, 2.75) is 71.1 Å². The minimum atomic E-state index is -0.270. The average Bonchev–Trinajstić information content (AvgIpc) is 3.52. The third-order valence-corrected chi connectivity index (χ3v) is 9.75. The van der Waals surface area contributed by atoms with Gasteiger partial charge in [0.1, 0.15) is 5.75 Å². The summed E-state index contributed by atoms with van der Waals surface area (Å²) >= 11 is 0. The van der Waals surface area contributed by atoms with Crippen molar-refractivity contribution in [2.24, 2.45) is 17.8 Å². The molecule has 6 heteroatoms. The first-order chi connectivity index (χ1) is 19.9. The van der Waals surface area contributed by atoms with E-state index in [2.05, 4.69) is 49.1 Å². The van der Waals surface area contributed by atoms with Crippen LogP contribution in [0.4, 0.5) is 0 Å². The van der Waals surface area contributed by atoms with E-state index in [4.69, 9.17) is 4.74 Å². The Morgan fingerprint density at radius 1 is 1.00 bits per heavy atom. The number of rotatable bonds is 8. The molecule has 0 spiro atoms. The molecule has 0 unspecified atom stereocenters. The Bertz CT molecular complexity index is 1320. The number of phenolic OH excluding ortho intramolecular Hbond substituents is 1. The maximum absolute atomic E-state index is 13.9. The number of phenols is 1. The Kier molecular flexibility index (Phi) is 8.14. The molecule has 4 atom stereocenters. The van der Waals surface area contributed by atoms with Gasteiger partial charge in [-0.3, -0.25) is 19.4 Å². The summed E-state index contributed by atoms with van der Waals surface area (Å²) in [5.41, 5.74) is 6.27. The van der Waals surface area contributed by atoms with Gasteiger partial charge in [0.05, 0.1) is 24.5 Å². The minimum absolute atomic E-state index is 0.00644. The number of fused-ring (bicyclic) bond motifs is 3. The predicted molar refractivity (Wildman–Crippen MR) is 160 cm³/mol. The van der Waals surface area contributed by atoms with Crippen molar-refractivity contribution in [2.75, 3.05) is 19.7 Å². The fourth-order valence-electron chi connectivity index (χ4n) is 7.66. The highest BCUT2D eigenvalue weighted by atomic mass is 16.5. The second kappa shape index (κ2) is 11.9. The van der Waals surface area contributed by atoms with E-state index in [0.29, 0.717) is 13.0 Å². The van der Waals surface area contributed by atoms with E-state index in [-0.39, 0.29) is 47.5 Å². The smallest absolute Gasteiger partial charge is 0.234 e. The number of allylic oxidation sites excluding steroid dienone is 2. The Labute approximate surface area is 243 Å². The van der Waals surface area contributed by atoms with Crippen LogP contribution in [0.5, 0.6) is 5.75 Å². The number of aromatic hydroxyl groups is 1. The summed E-state index contributed by atoms with van der Waals surface area (Å²) in [4.78, 5) is 31.8. The molecular weight excluding hydrogens is 512 g/mol. The number of hydrogen-bond donors (Lipinski definition) is 1. The monoisotopic (exact) mass is 554 g/mol. The van der Waals surface area contributed by atoms with Gasteiger partial charge >= 0.3 is 0 Å². The molecule has 3 heterocycles. The zero-order valence-corrected chi connectivity index (χ0v) is 24.3. The average molecular weight is 555 g/mol. The summed E-state index contributed by atoms with van der Waals surface area (Å²) < 4.78 is 6.38. The van der Waals surface area contributed by atoms with Crippen LogP contribution < -0.4 is 0 Å². The highest BCUT2D eigenvalue weighted by Gasteiger charge is 2.58.